The van der Waals surface area contributed by atoms with Crippen LogP contribution in [-0.2, 0) is 6.42 Å². The highest BCUT2D eigenvalue weighted by Crippen LogP contribution is 2.27. The predicted molar refractivity (Wildman–Crippen MR) is 93.6 cm³/mol. The van der Waals surface area contributed by atoms with Crippen molar-refractivity contribution in [3.05, 3.63) is 70.9 Å². The third-order valence-corrected chi connectivity index (χ3v) is 4.28. The van der Waals surface area contributed by atoms with E-state index in [1.165, 1.54) is 4.68 Å². The van der Waals surface area contributed by atoms with Gasteiger partial charge in [-0.05, 0) is 31.0 Å². The van der Waals surface area contributed by atoms with Gasteiger partial charge in [0.25, 0.3) is 0 Å². The maximum Gasteiger partial charge on any atom is 0.232 e. The van der Waals surface area contributed by atoms with Crippen LogP contribution >= 0.6 is 0 Å². The normalized spacial score (nSPS) is 11.2. The van der Waals surface area contributed by atoms with Crippen LogP contribution in [0.25, 0.3) is 17.0 Å². The molecule has 0 aliphatic carbocycles. The zero-order chi connectivity index (χ0) is 16.7. The van der Waals surface area contributed by atoms with Gasteiger partial charge in [0.1, 0.15) is 0 Å². The van der Waals surface area contributed by atoms with Crippen LogP contribution in [0, 0.1) is 13.8 Å². The minimum Gasteiger partial charge on any atom is -0.493 e. The lowest BCUT2D eigenvalue weighted by molar-refractivity contribution is 0.426. The molecule has 5 nitrogen and oxygen atoms in total. The topological polar surface area (TPSA) is 66.7 Å². The molecule has 2 N–H and O–H groups in total. The Balaban J connectivity index is 1.78. The van der Waals surface area contributed by atoms with E-state index in [0.717, 1.165) is 33.4 Å². The predicted octanol–water partition coefficient (Wildman–Crippen LogP) is 3.66. The summed E-state index contributed by atoms with van der Waals surface area (Å²) in [6, 6.07) is 16.0. The van der Waals surface area contributed by atoms with Gasteiger partial charge in [-0.15, -0.1) is 0 Å². The van der Waals surface area contributed by atoms with Gasteiger partial charge < -0.3 is 10.1 Å². The molecule has 120 valence electrons. The maximum absolute atomic E-state index is 10.7. The Morgan fingerprint density at radius 3 is 2.58 bits per heavy atom. The number of nitrogens with zero attached hydrogens (tertiary/aromatic N) is 3. The molecule has 0 saturated heterocycles. The summed E-state index contributed by atoms with van der Waals surface area (Å²) in [5, 5.41) is 15.1. The van der Waals surface area contributed by atoms with Crippen molar-refractivity contribution < 1.29 is 5.11 Å². The van der Waals surface area contributed by atoms with Gasteiger partial charge in [-0.1, -0.05) is 42.5 Å². The number of para-hydroxylation sites is 1. The third kappa shape index (κ3) is 2.34. The lowest BCUT2D eigenvalue weighted by Gasteiger charge is -2.02. The van der Waals surface area contributed by atoms with Gasteiger partial charge in [-0.3, -0.25) is 0 Å². The van der Waals surface area contributed by atoms with E-state index in [9.17, 15) is 5.11 Å². The molecule has 2 aromatic carbocycles. The van der Waals surface area contributed by atoms with Crippen LogP contribution in [0.1, 0.15) is 22.4 Å². The van der Waals surface area contributed by atoms with Gasteiger partial charge in [-0.25, -0.2) is 4.98 Å². The van der Waals surface area contributed by atoms with E-state index in [4.69, 9.17) is 0 Å². The zero-order valence-corrected chi connectivity index (χ0v) is 13.6. The van der Waals surface area contributed by atoms with E-state index in [-0.39, 0.29) is 5.88 Å². The van der Waals surface area contributed by atoms with Crippen molar-refractivity contribution in [2.24, 2.45) is 0 Å². The molecule has 24 heavy (non-hydrogen) atoms. The number of nitrogens with one attached hydrogen (secondary N) is 1. The Morgan fingerprint density at radius 2 is 1.83 bits per heavy atom. The summed E-state index contributed by atoms with van der Waals surface area (Å²) in [5.41, 5.74) is 5.66. The Labute approximate surface area is 139 Å². The molecule has 0 aliphatic rings. The molecule has 0 radical (unpaired) electrons. The Bertz CT molecular complexity index is 1010. The van der Waals surface area contributed by atoms with Gasteiger partial charge >= 0.3 is 0 Å². The summed E-state index contributed by atoms with van der Waals surface area (Å²) in [5.74, 6) is 0.660. The molecule has 0 atom stereocenters. The lowest BCUT2D eigenvalue weighted by atomic mass is 10.1. The number of aromatic nitrogens is 4. The highest BCUT2D eigenvalue weighted by atomic mass is 16.3. The van der Waals surface area contributed by atoms with Crippen LogP contribution < -0.4 is 0 Å². The second-order valence-electron chi connectivity index (χ2n) is 5.99. The number of H-pyrrole nitrogens is 1. The number of aromatic hydroxyl groups is 1. The molecule has 5 heteroatoms. The third-order valence-electron chi connectivity index (χ3n) is 4.28. The van der Waals surface area contributed by atoms with E-state index >= 15 is 0 Å². The zero-order valence-electron chi connectivity index (χ0n) is 13.6. The summed E-state index contributed by atoms with van der Waals surface area (Å²) in [6.45, 7) is 3.92. The molecule has 4 rings (SSSR count). The molecule has 0 amide bonds. The average molecular weight is 318 g/mol. The maximum atomic E-state index is 10.7. The molecule has 2 aromatic heterocycles. The Kier molecular flexibility index (Phi) is 3.34. The van der Waals surface area contributed by atoms with Crippen LogP contribution in [0.15, 0.2) is 48.5 Å². The van der Waals surface area contributed by atoms with Crippen molar-refractivity contribution in [2.45, 2.75) is 20.3 Å². The molecule has 4 aromatic rings. The minimum absolute atomic E-state index is 0.132. The second-order valence-corrected chi connectivity index (χ2v) is 5.99. The molecule has 0 bridgehead atoms. The first-order chi connectivity index (χ1) is 11.6. The fourth-order valence-corrected chi connectivity index (χ4v) is 2.96. The molecule has 0 spiro atoms. The fraction of sp³-hybridized carbons (Fsp3) is 0.158. The van der Waals surface area contributed by atoms with Crippen LogP contribution in [0.4, 0.5) is 0 Å². The summed E-state index contributed by atoms with van der Waals surface area (Å²) >= 11 is 0. The summed E-state index contributed by atoms with van der Waals surface area (Å²) in [7, 11) is 0. The fourth-order valence-electron chi connectivity index (χ4n) is 2.96. The van der Waals surface area contributed by atoms with Crippen LogP contribution in [0.5, 0.6) is 5.88 Å². The number of aromatic amines is 1. The van der Waals surface area contributed by atoms with Crippen molar-refractivity contribution in [3.8, 4) is 11.8 Å². The van der Waals surface area contributed by atoms with Crippen molar-refractivity contribution in [1.29, 1.82) is 0 Å². The van der Waals surface area contributed by atoms with Gasteiger partial charge in [-0.2, -0.15) is 9.78 Å². The SMILES string of the molecule is Cc1nn(-c2nc3c(C)cccc3[nH]2)c(O)c1Cc1ccccc1. The molecular weight excluding hydrogens is 300 g/mol. The summed E-state index contributed by atoms with van der Waals surface area (Å²) in [4.78, 5) is 7.82. The van der Waals surface area contributed by atoms with Gasteiger partial charge in [0, 0.05) is 12.0 Å². The minimum atomic E-state index is 0.132. The smallest absolute Gasteiger partial charge is 0.232 e. The van der Waals surface area contributed by atoms with Crippen molar-refractivity contribution in [3.63, 3.8) is 0 Å². The van der Waals surface area contributed by atoms with Crippen molar-refractivity contribution in [1.82, 2.24) is 19.7 Å². The number of benzene rings is 2. The quantitative estimate of drug-likeness (QED) is 0.606. The van der Waals surface area contributed by atoms with Crippen LogP contribution in [0.3, 0.4) is 0 Å². The first-order valence-electron chi connectivity index (χ1n) is 7.90. The molecule has 2 heterocycles. The number of hydrogen-bond donors (Lipinski definition) is 2. The summed E-state index contributed by atoms with van der Waals surface area (Å²) < 4.78 is 1.48. The second kappa shape index (κ2) is 5.53. The first-order valence-corrected chi connectivity index (χ1v) is 7.90. The monoisotopic (exact) mass is 318 g/mol. The number of hydrogen-bond acceptors (Lipinski definition) is 3. The Hall–Kier alpha value is -3.08. The lowest BCUT2D eigenvalue weighted by Crippen LogP contribution is -1.98. The average Bonchev–Trinajstić information content (AvgIpc) is 3.13. The molecular formula is C19H18N4O. The number of fused-ring (bicyclic) bond motifs is 1. The van der Waals surface area contributed by atoms with Crippen molar-refractivity contribution in [2.75, 3.05) is 0 Å². The van der Waals surface area contributed by atoms with Gasteiger partial charge in [0.2, 0.25) is 11.8 Å². The van der Waals surface area contributed by atoms with E-state index in [2.05, 4.69) is 15.1 Å². The van der Waals surface area contributed by atoms with Crippen molar-refractivity contribution >= 4 is 11.0 Å². The van der Waals surface area contributed by atoms with E-state index in [0.29, 0.717) is 12.4 Å². The summed E-state index contributed by atoms with van der Waals surface area (Å²) in [6.07, 6.45) is 0.637. The van der Waals surface area contributed by atoms with E-state index in [1.807, 2.05) is 62.4 Å². The highest BCUT2D eigenvalue weighted by molar-refractivity contribution is 5.79. The molecule has 0 aliphatic heterocycles. The van der Waals surface area contributed by atoms with E-state index < -0.39 is 0 Å². The Morgan fingerprint density at radius 1 is 1.04 bits per heavy atom. The number of imidazole rings is 1. The highest BCUT2D eigenvalue weighted by Gasteiger charge is 2.18. The molecule has 0 unspecified atom stereocenters. The molecule has 0 saturated carbocycles. The van der Waals surface area contributed by atoms with Gasteiger partial charge in [0.15, 0.2) is 0 Å². The van der Waals surface area contributed by atoms with Crippen LogP contribution in [-0.4, -0.2) is 24.9 Å². The first kappa shape index (κ1) is 14.5. The van der Waals surface area contributed by atoms with Gasteiger partial charge in [0.05, 0.1) is 16.7 Å². The molecule has 0 fully saturated rings. The standard InChI is InChI=1S/C19H18N4O/c1-12-7-6-10-16-17(12)21-19(20-16)23-18(24)15(13(2)22-23)11-14-8-4-3-5-9-14/h3-10,24H,11H2,1-2H3,(H,20,21). The largest absolute Gasteiger partial charge is 0.493 e. The number of rotatable bonds is 3. The number of aryl methyl sites for hydroxylation is 2. The van der Waals surface area contributed by atoms with E-state index in [1.54, 1.807) is 0 Å². The van der Waals surface area contributed by atoms with Crippen LogP contribution in [0.2, 0.25) is 0 Å².